The standard InChI is InChI=1S/C23H24N4OS2/c1-5-26-21-9-7-6-8-20(21)25-22(26)29-13-18-14-30-23(24-18)27(17(4)28)19-11-10-15(2)16(3)12-19/h6-12,14H,5,13H2,1-4H3. The maximum absolute atomic E-state index is 12.4. The smallest absolute Gasteiger partial charge is 0.230 e. The Morgan fingerprint density at radius 1 is 1.13 bits per heavy atom. The van der Waals surface area contributed by atoms with E-state index in [1.807, 2.05) is 41.8 Å². The van der Waals surface area contributed by atoms with Crippen molar-refractivity contribution in [2.75, 3.05) is 4.90 Å². The van der Waals surface area contributed by atoms with Crippen LogP contribution in [-0.4, -0.2) is 20.4 Å². The number of carbonyl (C=O) groups excluding carboxylic acids is 1. The monoisotopic (exact) mass is 436 g/mol. The van der Waals surface area contributed by atoms with Crippen molar-refractivity contribution in [1.29, 1.82) is 0 Å². The number of hydrogen-bond acceptors (Lipinski definition) is 5. The van der Waals surface area contributed by atoms with Crippen molar-refractivity contribution in [2.24, 2.45) is 0 Å². The van der Waals surface area contributed by atoms with E-state index in [9.17, 15) is 4.79 Å². The summed E-state index contributed by atoms with van der Waals surface area (Å²) in [5, 5.41) is 3.72. The molecule has 30 heavy (non-hydrogen) atoms. The topological polar surface area (TPSA) is 51.0 Å². The summed E-state index contributed by atoms with van der Waals surface area (Å²) in [6.45, 7) is 8.71. The first kappa shape index (κ1) is 20.6. The van der Waals surface area contributed by atoms with E-state index in [1.165, 1.54) is 16.9 Å². The van der Waals surface area contributed by atoms with Gasteiger partial charge in [0.2, 0.25) is 5.91 Å². The maximum Gasteiger partial charge on any atom is 0.230 e. The molecule has 2 aromatic carbocycles. The minimum atomic E-state index is -0.0421. The number of amides is 1. The fourth-order valence-corrected chi connectivity index (χ4v) is 5.33. The van der Waals surface area contributed by atoms with Crippen LogP contribution in [0, 0.1) is 13.8 Å². The van der Waals surface area contributed by atoms with Crippen molar-refractivity contribution in [3.63, 3.8) is 0 Å². The highest BCUT2D eigenvalue weighted by molar-refractivity contribution is 7.98. The molecule has 0 aliphatic rings. The zero-order valence-corrected chi connectivity index (χ0v) is 19.2. The van der Waals surface area contributed by atoms with E-state index in [1.54, 1.807) is 23.6 Å². The first-order valence-electron chi connectivity index (χ1n) is 9.88. The second-order valence-electron chi connectivity index (χ2n) is 7.16. The third-order valence-electron chi connectivity index (χ3n) is 5.08. The Bertz CT molecular complexity index is 1210. The number of aryl methyl sites for hydroxylation is 3. The molecule has 0 unspecified atom stereocenters. The molecule has 0 aliphatic heterocycles. The van der Waals surface area contributed by atoms with Gasteiger partial charge in [-0.3, -0.25) is 9.69 Å². The lowest BCUT2D eigenvalue weighted by molar-refractivity contribution is -0.115. The van der Waals surface area contributed by atoms with Crippen molar-refractivity contribution < 1.29 is 4.79 Å². The largest absolute Gasteiger partial charge is 0.319 e. The zero-order valence-electron chi connectivity index (χ0n) is 17.5. The number of nitrogens with zero attached hydrogens (tertiary/aromatic N) is 4. The second kappa shape index (κ2) is 8.62. The summed E-state index contributed by atoms with van der Waals surface area (Å²) < 4.78 is 2.23. The molecule has 0 aliphatic carbocycles. The molecule has 2 heterocycles. The van der Waals surface area contributed by atoms with E-state index in [-0.39, 0.29) is 5.91 Å². The van der Waals surface area contributed by atoms with Gasteiger partial charge < -0.3 is 4.57 Å². The number of thioether (sulfide) groups is 1. The Labute approximate surface area is 184 Å². The van der Waals surface area contributed by atoms with Crippen LogP contribution in [0.25, 0.3) is 11.0 Å². The molecule has 7 heteroatoms. The van der Waals surface area contributed by atoms with Crippen molar-refractivity contribution in [3.05, 3.63) is 64.7 Å². The predicted octanol–water partition coefficient (Wildman–Crippen LogP) is 6.11. The molecule has 0 saturated carbocycles. The molecule has 2 aromatic heterocycles. The number of thiazole rings is 1. The Morgan fingerprint density at radius 2 is 1.93 bits per heavy atom. The van der Waals surface area contributed by atoms with Gasteiger partial charge in [-0.05, 0) is 56.2 Å². The molecule has 5 nitrogen and oxygen atoms in total. The van der Waals surface area contributed by atoms with Gasteiger partial charge in [0, 0.05) is 24.6 Å². The van der Waals surface area contributed by atoms with Crippen molar-refractivity contribution in [2.45, 2.75) is 45.1 Å². The van der Waals surface area contributed by atoms with Crippen LogP contribution >= 0.6 is 23.1 Å². The van der Waals surface area contributed by atoms with Gasteiger partial charge >= 0.3 is 0 Å². The summed E-state index contributed by atoms with van der Waals surface area (Å²) in [4.78, 5) is 23.6. The molecule has 0 atom stereocenters. The Kier molecular flexibility index (Phi) is 5.92. The molecule has 0 radical (unpaired) electrons. The van der Waals surface area contributed by atoms with E-state index in [0.29, 0.717) is 10.9 Å². The van der Waals surface area contributed by atoms with Crippen LogP contribution in [0.2, 0.25) is 0 Å². The number of anilines is 2. The van der Waals surface area contributed by atoms with Crippen LogP contribution in [0.1, 0.15) is 30.7 Å². The second-order valence-corrected chi connectivity index (χ2v) is 8.94. The van der Waals surface area contributed by atoms with Gasteiger partial charge in [0.05, 0.1) is 22.4 Å². The lowest BCUT2D eigenvalue weighted by Crippen LogP contribution is -2.22. The van der Waals surface area contributed by atoms with Gasteiger partial charge in [0.15, 0.2) is 10.3 Å². The van der Waals surface area contributed by atoms with Crippen LogP contribution in [0.5, 0.6) is 0 Å². The minimum absolute atomic E-state index is 0.0421. The third kappa shape index (κ3) is 4.00. The van der Waals surface area contributed by atoms with E-state index in [0.717, 1.165) is 39.7 Å². The molecule has 4 rings (SSSR count). The maximum atomic E-state index is 12.4. The van der Waals surface area contributed by atoms with Gasteiger partial charge in [0.25, 0.3) is 0 Å². The van der Waals surface area contributed by atoms with Gasteiger partial charge in [-0.15, -0.1) is 11.3 Å². The Hall–Kier alpha value is -2.64. The molecule has 0 spiro atoms. The van der Waals surface area contributed by atoms with Gasteiger partial charge in [0.1, 0.15) is 0 Å². The Morgan fingerprint density at radius 3 is 2.67 bits per heavy atom. The van der Waals surface area contributed by atoms with Crippen molar-refractivity contribution in [3.8, 4) is 0 Å². The molecule has 1 amide bonds. The molecule has 0 bridgehead atoms. The van der Waals surface area contributed by atoms with Crippen LogP contribution in [0.3, 0.4) is 0 Å². The van der Waals surface area contributed by atoms with E-state index in [2.05, 4.69) is 31.4 Å². The van der Waals surface area contributed by atoms with Crippen molar-refractivity contribution in [1.82, 2.24) is 14.5 Å². The molecule has 154 valence electrons. The summed E-state index contributed by atoms with van der Waals surface area (Å²) in [5.74, 6) is 0.665. The van der Waals surface area contributed by atoms with Gasteiger partial charge in [-0.25, -0.2) is 9.97 Å². The number of imidazole rings is 1. The SMILES string of the molecule is CCn1c(SCc2csc(N(C(C)=O)c3ccc(C)c(C)c3)n2)nc2ccccc21. The summed E-state index contributed by atoms with van der Waals surface area (Å²) in [6.07, 6.45) is 0. The first-order valence-corrected chi connectivity index (χ1v) is 11.7. The number of hydrogen-bond donors (Lipinski definition) is 0. The van der Waals surface area contributed by atoms with Gasteiger partial charge in [-0.1, -0.05) is 30.0 Å². The fraction of sp³-hybridized carbons (Fsp3) is 0.261. The van der Waals surface area contributed by atoms with E-state index < -0.39 is 0 Å². The van der Waals surface area contributed by atoms with Crippen LogP contribution in [0.15, 0.2) is 53.0 Å². The predicted molar refractivity (Wildman–Crippen MR) is 126 cm³/mol. The van der Waals surface area contributed by atoms with Crippen LogP contribution in [0.4, 0.5) is 10.8 Å². The summed E-state index contributed by atoms with van der Waals surface area (Å²) >= 11 is 3.17. The first-order chi connectivity index (χ1) is 14.5. The number of fused-ring (bicyclic) bond motifs is 1. The third-order valence-corrected chi connectivity index (χ3v) is 6.96. The summed E-state index contributed by atoms with van der Waals surface area (Å²) in [6, 6.07) is 14.3. The molecule has 0 fully saturated rings. The Balaban J connectivity index is 1.56. The lowest BCUT2D eigenvalue weighted by atomic mass is 10.1. The normalized spacial score (nSPS) is 11.2. The average molecular weight is 437 g/mol. The summed E-state index contributed by atoms with van der Waals surface area (Å²) in [5.41, 5.74) is 6.33. The lowest BCUT2D eigenvalue weighted by Gasteiger charge is -2.19. The number of rotatable bonds is 6. The fourth-order valence-electron chi connectivity index (χ4n) is 3.36. The van der Waals surface area contributed by atoms with Crippen molar-refractivity contribution >= 4 is 50.9 Å². The molecule has 4 aromatic rings. The van der Waals surface area contributed by atoms with Crippen LogP contribution in [-0.2, 0) is 17.1 Å². The number of carbonyl (C=O) groups is 1. The highest BCUT2D eigenvalue weighted by Gasteiger charge is 2.19. The molecular formula is C23H24N4OS2. The number of aromatic nitrogens is 3. The minimum Gasteiger partial charge on any atom is -0.319 e. The summed E-state index contributed by atoms with van der Waals surface area (Å²) in [7, 11) is 0. The van der Waals surface area contributed by atoms with E-state index in [4.69, 9.17) is 9.97 Å². The van der Waals surface area contributed by atoms with Crippen LogP contribution < -0.4 is 4.90 Å². The number of para-hydroxylation sites is 2. The molecular weight excluding hydrogens is 412 g/mol. The zero-order chi connectivity index (χ0) is 21.3. The quantitative estimate of drug-likeness (QED) is 0.342. The number of benzene rings is 2. The highest BCUT2D eigenvalue weighted by atomic mass is 32.2. The molecule has 0 N–H and O–H groups in total. The highest BCUT2D eigenvalue weighted by Crippen LogP contribution is 2.32. The van der Waals surface area contributed by atoms with E-state index >= 15 is 0 Å². The van der Waals surface area contributed by atoms with Gasteiger partial charge in [-0.2, -0.15) is 0 Å². The molecule has 0 saturated heterocycles. The average Bonchev–Trinajstić information content (AvgIpc) is 3.33.